The normalized spacial score (nSPS) is 39.8. The Hall–Kier alpha value is -2.23. The number of hydrogen-bond acceptors (Lipinski definition) is 7. The van der Waals surface area contributed by atoms with Crippen LogP contribution >= 0.6 is 0 Å². The van der Waals surface area contributed by atoms with Crippen LogP contribution in [-0.4, -0.2) is 48.5 Å². The quantitative estimate of drug-likeness (QED) is 0.370. The van der Waals surface area contributed by atoms with E-state index in [1.54, 1.807) is 18.2 Å². The molecule has 236 valence electrons. The second-order valence-corrected chi connectivity index (χ2v) is 16.3. The smallest absolute Gasteiger partial charge is 0.421 e. The number of benzene rings is 1. The third kappa shape index (κ3) is 5.17. The van der Waals surface area contributed by atoms with Gasteiger partial charge >= 0.3 is 6.09 Å². The van der Waals surface area contributed by atoms with Gasteiger partial charge < -0.3 is 14.9 Å². The molecule has 11 atom stereocenters. The Morgan fingerprint density at radius 3 is 2.56 bits per heavy atom. The van der Waals surface area contributed by atoms with Gasteiger partial charge in [0.1, 0.15) is 4.90 Å². The zero-order chi connectivity index (χ0) is 30.7. The maximum atomic E-state index is 12.9. The van der Waals surface area contributed by atoms with Crippen LogP contribution in [0.5, 0.6) is 0 Å². The van der Waals surface area contributed by atoms with Crippen molar-refractivity contribution in [2.24, 2.45) is 52.3 Å². The summed E-state index contributed by atoms with van der Waals surface area (Å²) in [4.78, 5) is 16.8. The lowest BCUT2D eigenvalue weighted by atomic mass is 9.41. The van der Waals surface area contributed by atoms with E-state index >= 15 is 0 Å². The second-order valence-electron chi connectivity index (χ2n) is 14.7. The lowest BCUT2D eigenvalue weighted by Crippen LogP contribution is -2.62. The molecular weight excluding hydrogens is 564 g/mol. The van der Waals surface area contributed by atoms with Gasteiger partial charge in [0.2, 0.25) is 0 Å². The average molecular weight is 613 g/mol. The summed E-state index contributed by atoms with van der Waals surface area (Å²) in [5.41, 5.74) is 0.856. The van der Waals surface area contributed by atoms with Gasteiger partial charge in [0.15, 0.2) is 0 Å². The topological polar surface area (TPSA) is 126 Å². The zero-order valence-electron chi connectivity index (χ0n) is 25.9. The minimum atomic E-state index is -4.13. The van der Waals surface area contributed by atoms with Gasteiger partial charge in [0.25, 0.3) is 10.0 Å². The van der Waals surface area contributed by atoms with Gasteiger partial charge in [0, 0.05) is 11.6 Å². The summed E-state index contributed by atoms with van der Waals surface area (Å²) in [5, 5.41) is 23.1. The molecule has 1 aromatic carbocycles. The molecule has 4 aliphatic rings. The van der Waals surface area contributed by atoms with Gasteiger partial charge in [-0.25, -0.2) is 17.9 Å². The van der Waals surface area contributed by atoms with E-state index in [0.29, 0.717) is 34.6 Å². The highest BCUT2D eigenvalue weighted by molar-refractivity contribution is 7.90. The fourth-order valence-electron chi connectivity index (χ4n) is 10.7. The number of para-hydroxylation sites is 1. The molecule has 1 amide bonds. The zero-order valence-corrected chi connectivity index (χ0v) is 26.7. The monoisotopic (exact) mass is 612 g/mol. The summed E-state index contributed by atoms with van der Waals surface area (Å²) in [5.74, 6) is 2.08. The molecule has 1 heterocycles. The van der Waals surface area contributed by atoms with Gasteiger partial charge in [-0.05, 0) is 109 Å². The Kier molecular flexibility index (Phi) is 8.08. The van der Waals surface area contributed by atoms with Gasteiger partial charge in [0.05, 0.1) is 24.3 Å². The maximum Gasteiger partial charge on any atom is 0.421 e. The lowest BCUT2D eigenvalue weighted by molar-refractivity contribution is -0.203. The van der Waals surface area contributed by atoms with E-state index in [0.717, 1.165) is 51.4 Å². The van der Waals surface area contributed by atoms with E-state index in [4.69, 9.17) is 4.74 Å². The number of ether oxygens (including phenoxy) is 1. The highest BCUT2D eigenvalue weighted by atomic mass is 32.2. The molecule has 1 aromatic heterocycles. The number of carbonyl (C=O) groups excluding carboxylic acids is 1. The van der Waals surface area contributed by atoms with Gasteiger partial charge in [-0.3, -0.25) is 4.98 Å². The number of hydrogen-bond donors (Lipinski definition) is 3. The van der Waals surface area contributed by atoms with Crippen LogP contribution in [0.4, 0.5) is 4.79 Å². The van der Waals surface area contributed by atoms with Crippen molar-refractivity contribution in [2.75, 3.05) is 6.61 Å². The molecule has 6 rings (SSSR count). The number of amides is 1. The highest BCUT2D eigenvalue weighted by Gasteiger charge is 2.64. The van der Waals surface area contributed by atoms with Gasteiger partial charge in [-0.15, -0.1) is 0 Å². The van der Waals surface area contributed by atoms with E-state index in [9.17, 15) is 23.4 Å². The van der Waals surface area contributed by atoms with Crippen LogP contribution in [0.1, 0.15) is 79.1 Å². The summed E-state index contributed by atoms with van der Waals surface area (Å²) < 4.78 is 33.4. The number of sulfonamides is 1. The first-order chi connectivity index (χ1) is 20.4. The summed E-state index contributed by atoms with van der Waals surface area (Å²) in [6, 6.07) is 8.70. The number of nitrogens with one attached hydrogen (secondary N) is 1. The predicted molar refractivity (Wildman–Crippen MR) is 164 cm³/mol. The summed E-state index contributed by atoms with van der Waals surface area (Å²) in [7, 11) is -4.13. The predicted octanol–water partition coefficient (Wildman–Crippen LogP) is 5.91. The number of carbonyl (C=O) groups is 1. The van der Waals surface area contributed by atoms with Gasteiger partial charge in [-0.2, -0.15) is 0 Å². The molecule has 0 bridgehead atoms. The summed E-state index contributed by atoms with van der Waals surface area (Å²) >= 11 is 0. The molecule has 4 saturated carbocycles. The Balaban J connectivity index is 1.12. The van der Waals surface area contributed by atoms with Crippen LogP contribution in [0.15, 0.2) is 41.4 Å². The minimum absolute atomic E-state index is 0.0277. The molecule has 4 aliphatic carbocycles. The minimum Gasteiger partial charge on any atom is -0.449 e. The Morgan fingerprint density at radius 1 is 1.07 bits per heavy atom. The van der Waals surface area contributed by atoms with Crippen molar-refractivity contribution in [3.05, 3.63) is 36.5 Å². The molecule has 0 aliphatic heterocycles. The van der Waals surface area contributed by atoms with Crippen molar-refractivity contribution in [3.8, 4) is 0 Å². The number of aromatic nitrogens is 1. The number of aliphatic hydroxyl groups is 2. The average Bonchev–Trinajstić information content (AvgIpc) is 3.33. The first kappa shape index (κ1) is 30.8. The molecule has 8 nitrogen and oxygen atoms in total. The molecule has 7 unspecified atom stereocenters. The van der Waals surface area contributed by atoms with Crippen molar-refractivity contribution in [1.82, 2.24) is 9.71 Å². The van der Waals surface area contributed by atoms with Gasteiger partial charge in [-0.1, -0.05) is 52.3 Å². The Bertz CT molecular complexity index is 1470. The molecule has 2 aromatic rings. The largest absolute Gasteiger partial charge is 0.449 e. The molecule has 0 saturated heterocycles. The second kappa shape index (κ2) is 11.3. The molecule has 0 spiro atoms. The number of rotatable bonds is 6. The van der Waals surface area contributed by atoms with Crippen LogP contribution in [0.25, 0.3) is 10.9 Å². The summed E-state index contributed by atoms with van der Waals surface area (Å²) in [6.45, 7) is 9.26. The van der Waals surface area contributed by atoms with Crippen LogP contribution in [0.2, 0.25) is 0 Å². The fourth-order valence-corrected chi connectivity index (χ4v) is 11.5. The van der Waals surface area contributed by atoms with E-state index in [1.807, 2.05) is 6.07 Å². The Morgan fingerprint density at radius 2 is 1.79 bits per heavy atom. The third-order valence-corrected chi connectivity index (χ3v) is 14.0. The van der Waals surface area contributed by atoms with E-state index in [1.165, 1.54) is 12.3 Å². The van der Waals surface area contributed by atoms with Crippen molar-refractivity contribution >= 4 is 27.0 Å². The van der Waals surface area contributed by atoms with Crippen molar-refractivity contribution < 1.29 is 28.2 Å². The number of pyridine rings is 1. The number of aliphatic hydroxyl groups excluding tert-OH is 2. The lowest BCUT2D eigenvalue weighted by Gasteiger charge is -2.64. The van der Waals surface area contributed by atoms with Crippen molar-refractivity contribution in [1.29, 1.82) is 0 Å². The van der Waals surface area contributed by atoms with Crippen LogP contribution in [0.3, 0.4) is 0 Å². The van der Waals surface area contributed by atoms with E-state index < -0.39 is 16.1 Å². The number of nitrogens with zero attached hydrogens (tertiary/aromatic N) is 1. The first-order valence-corrected chi connectivity index (χ1v) is 17.8. The van der Waals surface area contributed by atoms with Crippen molar-refractivity contribution in [2.45, 2.75) is 96.2 Å². The maximum absolute atomic E-state index is 12.9. The van der Waals surface area contributed by atoms with E-state index in [2.05, 4.69) is 37.4 Å². The fraction of sp³-hybridized carbons (Fsp3) is 0.706. The highest BCUT2D eigenvalue weighted by Crippen LogP contribution is 2.69. The van der Waals surface area contributed by atoms with Crippen LogP contribution in [-0.2, 0) is 14.8 Å². The molecular formula is C34H48N2O6S. The standard InChI is InChI=1S/C34H48N2O6S/c1-5-24-28-17-22(37)12-14-34(28,4)27-13-15-33(3)25(10-11-26(33)30(27)31(24)38)20(2)19-42-32(39)36-43(40,41)23-16-21-8-6-7-9-29(21)35-18-23/h6-9,16,18,20,22,24-28,30-31,37-38H,5,10-15,17,19H2,1-4H3,(H,36,39)/t20-,22-,24-,25?,26?,27?,28?,30?,31-,33?,34?/m1/s1. The summed E-state index contributed by atoms with van der Waals surface area (Å²) in [6.07, 6.45) is 7.53. The van der Waals surface area contributed by atoms with Crippen LogP contribution in [0, 0.1) is 52.3 Å². The SMILES string of the molecule is CC[C@@H]1C2C[C@H](O)CCC2(C)C2CCC3(C)C(CCC3[C@H](C)COC(=O)NS(=O)(=O)c3cnc4ccccc4c3)C2[C@@H]1O. The number of fused-ring (bicyclic) bond motifs is 6. The molecule has 43 heavy (non-hydrogen) atoms. The van der Waals surface area contributed by atoms with E-state index in [-0.39, 0.29) is 52.3 Å². The molecule has 9 heteroatoms. The first-order valence-electron chi connectivity index (χ1n) is 16.3. The molecule has 0 radical (unpaired) electrons. The van der Waals surface area contributed by atoms with Crippen LogP contribution < -0.4 is 4.72 Å². The Labute approximate surface area is 256 Å². The molecule has 3 N–H and O–H groups in total. The third-order valence-electron chi connectivity index (χ3n) is 12.7. The molecule has 4 fully saturated rings. The van der Waals surface area contributed by atoms with Crippen molar-refractivity contribution in [3.63, 3.8) is 0 Å².